The Labute approximate surface area is 262 Å². The van der Waals surface area contributed by atoms with Gasteiger partial charge in [0.1, 0.15) is 12.1 Å². The number of benzene rings is 1. The van der Waals surface area contributed by atoms with Gasteiger partial charge in [0.2, 0.25) is 33.5 Å². The number of piperidine rings is 1. The van der Waals surface area contributed by atoms with Gasteiger partial charge in [0.05, 0.1) is 21.5 Å². The fourth-order valence-electron chi connectivity index (χ4n) is 6.99. The van der Waals surface area contributed by atoms with Crippen LogP contribution in [0.1, 0.15) is 70.1 Å². The number of para-hydroxylation sites is 1. The molecule has 3 heterocycles. The van der Waals surface area contributed by atoms with Crippen LogP contribution in [0.4, 0.5) is 0 Å². The van der Waals surface area contributed by atoms with Gasteiger partial charge in [-0.1, -0.05) is 46.8 Å². The van der Waals surface area contributed by atoms with Gasteiger partial charge in [-0.25, -0.2) is 18.1 Å². The monoisotopic (exact) mass is 643 g/mol. The third-order valence-electron chi connectivity index (χ3n) is 9.94. The summed E-state index contributed by atoms with van der Waals surface area (Å²) in [6.07, 6.45) is 1.81. The van der Waals surface area contributed by atoms with Crippen molar-refractivity contribution in [3.63, 3.8) is 0 Å². The Kier molecular flexibility index (Phi) is 7.68. The molecule has 0 spiro atoms. The van der Waals surface area contributed by atoms with Gasteiger partial charge < -0.3 is 15.5 Å². The molecule has 3 N–H and O–H groups in total. The SMILES string of the molecule is CC(C)(C)[C@H](NS(=O)(=O)C1CC1)C(=O)N1C[C@H]2[C@@H]([C@H]1C(=O)N[C@@H](C[C@@H]1CCNC1=O)C(=O)c1nc3ccccc3s1)C2(C)C. The number of hydrogen-bond acceptors (Lipinski definition) is 8. The Hall–Kier alpha value is -2.90. The third-order valence-corrected chi connectivity index (χ3v) is 12.9. The number of thiazole rings is 1. The highest BCUT2D eigenvalue weighted by molar-refractivity contribution is 7.90. The molecule has 2 aromatic rings. The summed E-state index contributed by atoms with van der Waals surface area (Å²) in [7, 11) is -3.68. The van der Waals surface area contributed by atoms with Crippen molar-refractivity contribution in [1.82, 2.24) is 25.2 Å². The van der Waals surface area contributed by atoms with Crippen molar-refractivity contribution in [2.45, 2.75) is 83.7 Å². The van der Waals surface area contributed by atoms with Gasteiger partial charge >= 0.3 is 0 Å². The molecule has 2 aliphatic carbocycles. The van der Waals surface area contributed by atoms with Crippen LogP contribution in [-0.4, -0.2) is 78.3 Å². The first kappa shape index (κ1) is 31.1. The number of sulfonamides is 1. The molecule has 0 unspecified atom stereocenters. The van der Waals surface area contributed by atoms with E-state index in [-0.39, 0.29) is 40.4 Å². The van der Waals surface area contributed by atoms with Crippen molar-refractivity contribution >= 4 is 55.1 Å². The van der Waals surface area contributed by atoms with Gasteiger partial charge in [-0.3, -0.25) is 19.2 Å². The zero-order valence-electron chi connectivity index (χ0n) is 25.8. The van der Waals surface area contributed by atoms with E-state index in [4.69, 9.17) is 0 Å². The summed E-state index contributed by atoms with van der Waals surface area (Å²) in [4.78, 5) is 60.8. The van der Waals surface area contributed by atoms with Gasteiger partial charge in [-0.15, -0.1) is 11.3 Å². The van der Waals surface area contributed by atoms with Gasteiger partial charge in [-0.2, -0.15) is 0 Å². The maximum atomic E-state index is 14.2. The first-order chi connectivity index (χ1) is 20.6. The van der Waals surface area contributed by atoms with E-state index in [0.717, 1.165) is 4.70 Å². The first-order valence-electron chi connectivity index (χ1n) is 15.4. The summed E-state index contributed by atoms with van der Waals surface area (Å²) in [6.45, 7) is 10.4. The molecule has 0 bridgehead atoms. The average Bonchev–Trinajstić information content (AvgIpc) is 3.66. The molecule has 6 rings (SSSR count). The van der Waals surface area contributed by atoms with Crippen LogP contribution in [0.25, 0.3) is 10.2 Å². The molecular weight excluding hydrogens is 603 g/mol. The first-order valence-corrected chi connectivity index (χ1v) is 17.8. The molecule has 4 aliphatic rings. The van der Waals surface area contributed by atoms with Crippen molar-refractivity contribution in [3.8, 4) is 0 Å². The normalized spacial score (nSPS) is 27.5. The zero-order chi connectivity index (χ0) is 31.8. The number of fused-ring (bicyclic) bond motifs is 2. The number of carbonyl (C=O) groups is 4. The Morgan fingerprint density at radius 2 is 1.86 bits per heavy atom. The maximum absolute atomic E-state index is 14.2. The molecule has 44 heavy (non-hydrogen) atoms. The number of likely N-dealkylation sites (tertiary alicyclic amines) is 1. The minimum absolute atomic E-state index is 0.0712. The molecule has 2 saturated carbocycles. The molecule has 13 heteroatoms. The lowest BCUT2D eigenvalue weighted by molar-refractivity contribution is -0.143. The summed E-state index contributed by atoms with van der Waals surface area (Å²) < 4.78 is 29.4. The smallest absolute Gasteiger partial charge is 0.243 e. The molecule has 238 valence electrons. The topological polar surface area (TPSA) is 155 Å². The number of hydrogen-bond donors (Lipinski definition) is 3. The lowest BCUT2D eigenvalue weighted by Gasteiger charge is -2.37. The third kappa shape index (κ3) is 5.66. The van der Waals surface area contributed by atoms with E-state index in [1.807, 2.05) is 24.3 Å². The summed E-state index contributed by atoms with van der Waals surface area (Å²) >= 11 is 1.24. The second-order valence-corrected chi connectivity index (χ2v) is 17.5. The van der Waals surface area contributed by atoms with Gasteiger partial charge in [0.25, 0.3) is 0 Å². The van der Waals surface area contributed by atoms with Gasteiger partial charge in [0, 0.05) is 19.0 Å². The average molecular weight is 644 g/mol. The number of nitrogens with zero attached hydrogens (tertiary/aromatic N) is 2. The molecule has 6 atom stereocenters. The Balaban J connectivity index is 1.28. The summed E-state index contributed by atoms with van der Waals surface area (Å²) in [5.74, 6) is -1.93. The number of aromatic nitrogens is 1. The molecule has 1 aromatic carbocycles. The minimum Gasteiger partial charge on any atom is -0.356 e. The van der Waals surface area contributed by atoms with Crippen molar-refractivity contribution in [2.75, 3.05) is 13.1 Å². The predicted molar refractivity (Wildman–Crippen MR) is 166 cm³/mol. The largest absolute Gasteiger partial charge is 0.356 e. The van der Waals surface area contributed by atoms with E-state index in [1.165, 1.54) is 16.2 Å². The summed E-state index contributed by atoms with van der Waals surface area (Å²) in [6, 6.07) is 4.47. The van der Waals surface area contributed by atoms with E-state index in [9.17, 15) is 27.6 Å². The second kappa shape index (κ2) is 10.9. The molecule has 0 radical (unpaired) electrons. The van der Waals surface area contributed by atoms with E-state index in [2.05, 4.69) is 34.2 Å². The Morgan fingerprint density at radius 1 is 1.16 bits per heavy atom. The van der Waals surface area contributed by atoms with E-state index in [1.54, 1.807) is 20.8 Å². The highest BCUT2D eigenvalue weighted by Gasteiger charge is 2.70. The van der Waals surface area contributed by atoms with Crippen molar-refractivity contribution in [2.24, 2.45) is 28.6 Å². The van der Waals surface area contributed by atoms with Crippen molar-refractivity contribution in [3.05, 3.63) is 29.3 Å². The standard InChI is InChI=1S/C31H41N5O6S2/c1-30(2,3)25(35-44(41,42)17-10-11-17)29(40)36-15-18-22(31(18,4)5)23(36)27(39)33-20(14-16-12-13-32-26(16)38)24(37)28-34-19-8-6-7-9-21(19)43-28/h6-9,16-18,20,22-23,25,35H,10-15H2,1-5H3,(H,32,38)(H,33,39)/t16-,18-,20-,22-,23-,25+/m0/s1. The number of amides is 3. The van der Waals surface area contributed by atoms with Gasteiger partial charge in [0.15, 0.2) is 5.01 Å². The number of rotatable bonds is 10. The number of carbonyl (C=O) groups excluding carboxylic acids is 4. The second-order valence-electron chi connectivity index (χ2n) is 14.5. The Bertz CT molecular complexity index is 1590. The molecular formula is C31H41N5O6S2. The van der Waals surface area contributed by atoms with Crippen LogP contribution in [0.3, 0.4) is 0 Å². The highest BCUT2D eigenvalue weighted by Crippen LogP contribution is 2.65. The molecule has 4 fully saturated rings. The molecule has 2 saturated heterocycles. The Morgan fingerprint density at radius 3 is 2.48 bits per heavy atom. The number of ketones is 1. The van der Waals surface area contributed by atoms with E-state index in [0.29, 0.717) is 37.9 Å². The van der Waals surface area contributed by atoms with Crippen LogP contribution >= 0.6 is 11.3 Å². The maximum Gasteiger partial charge on any atom is 0.243 e. The van der Waals surface area contributed by atoms with Crippen molar-refractivity contribution < 1.29 is 27.6 Å². The highest BCUT2D eigenvalue weighted by atomic mass is 32.2. The van der Waals surface area contributed by atoms with Crippen LogP contribution in [0.2, 0.25) is 0 Å². The lowest BCUT2D eigenvalue weighted by Crippen LogP contribution is -2.60. The number of nitrogens with one attached hydrogen (secondary N) is 3. The molecule has 1 aromatic heterocycles. The molecule has 2 aliphatic heterocycles. The summed E-state index contributed by atoms with van der Waals surface area (Å²) in [5, 5.41) is 5.51. The zero-order valence-corrected chi connectivity index (χ0v) is 27.4. The van der Waals surface area contributed by atoms with E-state index < -0.39 is 56.5 Å². The van der Waals surface area contributed by atoms with Crippen LogP contribution in [-0.2, 0) is 24.4 Å². The van der Waals surface area contributed by atoms with Gasteiger partial charge in [-0.05, 0) is 60.5 Å². The van der Waals surface area contributed by atoms with Crippen LogP contribution < -0.4 is 15.4 Å². The number of Topliss-reactive ketones (excluding diaryl/α,β-unsaturated/α-hetero) is 1. The fourth-order valence-corrected chi connectivity index (χ4v) is 9.68. The van der Waals surface area contributed by atoms with Crippen LogP contribution in [0, 0.1) is 28.6 Å². The predicted octanol–water partition coefficient (Wildman–Crippen LogP) is 2.47. The molecule has 11 nitrogen and oxygen atoms in total. The minimum atomic E-state index is -3.68. The van der Waals surface area contributed by atoms with E-state index >= 15 is 0 Å². The van der Waals surface area contributed by atoms with Crippen LogP contribution in [0.15, 0.2) is 24.3 Å². The molecule has 3 amide bonds. The fraction of sp³-hybridized carbons (Fsp3) is 0.645. The van der Waals surface area contributed by atoms with Crippen LogP contribution in [0.5, 0.6) is 0 Å². The summed E-state index contributed by atoms with van der Waals surface area (Å²) in [5.41, 5.74) is -0.258. The quantitative estimate of drug-likeness (QED) is 0.336. The lowest BCUT2D eigenvalue weighted by atomic mass is 9.86. The van der Waals surface area contributed by atoms with Crippen molar-refractivity contribution in [1.29, 1.82) is 0 Å².